The van der Waals surface area contributed by atoms with E-state index in [9.17, 15) is 4.79 Å². The van der Waals surface area contributed by atoms with Gasteiger partial charge >= 0.3 is 0 Å². The van der Waals surface area contributed by atoms with Crippen molar-refractivity contribution in [3.05, 3.63) is 105 Å². The molecule has 0 aliphatic carbocycles. The average molecular weight is 619 g/mol. The number of allylic oxidation sites excluding steroid dienone is 1. The maximum atomic E-state index is 13.8. The van der Waals surface area contributed by atoms with E-state index in [2.05, 4.69) is 39.6 Å². The van der Waals surface area contributed by atoms with E-state index in [0.29, 0.717) is 23.3 Å². The number of halogens is 1. The van der Waals surface area contributed by atoms with Gasteiger partial charge in [-0.15, -0.1) is 5.10 Å². The summed E-state index contributed by atoms with van der Waals surface area (Å²) < 4.78 is 8.88. The number of benzene rings is 3. The second-order valence-corrected chi connectivity index (χ2v) is 11.8. The number of aryl methyl sites for hydroxylation is 2. The zero-order valence-electron chi connectivity index (χ0n) is 23.0. The fraction of sp³-hybridized carbons (Fsp3) is 0.258. The van der Waals surface area contributed by atoms with Gasteiger partial charge in [-0.25, -0.2) is 4.68 Å². The first-order valence-electron chi connectivity index (χ1n) is 13.3. The van der Waals surface area contributed by atoms with E-state index in [0.717, 1.165) is 56.0 Å². The van der Waals surface area contributed by atoms with Crippen molar-refractivity contribution < 1.29 is 9.53 Å². The van der Waals surface area contributed by atoms with Crippen LogP contribution in [0.1, 0.15) is 48.6 Å². The molecule has 2 heterocycles. The number of aromatic nitrogens is 3. The minimum atomic E-state index is -0.454. The quantitative estimate of drug-likeness (QED) is 0.188. The number of nitrogens with one attached hydrogen (secondary N) is 2. The number of carbonyl (C=O) groups is 1. The highest BCUT2D eigenvalue weighted by atomic mass is 79.9. The summed E-state index contributed by atoms with van der Waals surface area (Å²) in [5.41, 5.74) is 6.27. The summed E-state index contributed by atoms with van der Waals surface area (Å²) in [5.74, 6) is 2.11. The summed E-state index contributed by atoms with van der Waals surface area (Å²) >= 11 is 5.12. The van der Waals surface area contributed by atoms with Crippen molar-refractivity contribution in [1.82, 2.24) is 14.8 Å². The van der Waals surface area contributed by atoms with Gasteiger partial charge in [0.05, 0.1) is 5.57 Å². The molecule has 1 unspecified atom stereocenters. The third kappa shape index (κ3) is 6.26. The van der Waals surface area contributed by atoms with Crippen LogP contribution >= 0.6 is 27.7 Å². The van der Waals surface area contributed by atoms with Crippen LogP contribution in [0.5, 0.6) is 5.75 Å². The van der Waals surface area contributed by atoms with Gasteiger partial charge in [0.15, 0.2) is 0 Å². The van der Waals surface area contributed by atoms with Crippen molar-refractivity contribution in [2.45, 2.75) is 51.9 Å². The minimum absolute atomic E-state index is 0.180. The summed E-state index contributed by atoms with van der Waals surface area (Å²) in [4.78, 5) is 18.6. The molecule has 40 heavy (non-hydrogen) atoms. The van der Waals surface area contributed by atoms with Crippen molar-refractivity contribution >= 4 is 45.2 Å². The third-order valence-corrected chi connectivity index (χ3v) is 8.17. The van der Waals surface area contributed by atoms with E-state index in [1.54, 1.807) is 11.8 Å². The fourth-order valence-corrected chi connectivity index (χ4v) is 5.80. The first-order valence-corrected chi connectivity index (χ1v) is 15.0. The summed E-state index contributed by atoms with van der Waals surface area (Å²) in [6.45, 7) is 8.54. The molecule has 7 nitrogen and oxygen atoms in total. The Hall–Kier alpha value is -3.56. The van der Waals surface area contributed by atoms with Crippen molar-refractivity contribution in [1.29, 1.82) is 0 Å². The zero-order valence-corrected chi connectivity index (χ0v) is 25.4. The molecule has 2 N–H and O–H groups in total. The van der Waals surface area contributed by atoms with Crippen LogP contribution in [-0.4, -0.2) is 26.4 Å². The molecule has 1 aromatic heterocycles. The van der Waals surface area contributed by atoms with Gasteiger partial charge in [0.25, 0.3) is 5.91 Å². The second kappa shape index (κ2) is 12.3. The topological polar surface area (TPSA) is 81.1 Å². The lowest BCUT2D eigenvalue weighted by molar-refractivity contribution is -0.113. The normalized spacial score (nSPS) is 14.5. The van der Waals surface area contributed by atoms with Gasteiger partial charge in [0.1, 0.15) is 18.4 Å². The van der Waals surface area contributed by atoms with Crippen molar-refractivity contribution in [2.75, 3.05) is 16.4 Å². The van der Waals surface area contributed by atoms with Crippen LogP contribution in [0.4, 0.5) is 11.6 Å². The molecule has 0 bridgehead atoms. The Bertz CT molecular complexity index is 1560. The number of hydrogen-bond acceptors (Lipinski definition) is 6. The Morgan fingerprint density at radius 3 is 2.62 bits per heavy atom. The van der Waals surface area contributed by atoms with Crippen LogP contribution in [0, 0.1) is 13.8 Å². The third-order valence-electron chi connectivity index (χ3n) is 6.63. The van der Waals surface area contributed by atoms with Gasteiger partial charge in [-0.05, 0) is 74.2 Å². The monoisotopic (exact) mass is 617 g/mol. The molecular formula is C31H32BrN5O2S. The number of hydrogen-bond donors (Lipinski definition) is 2. The van der Waals surface area contributed by atoms with Crippen LogP contribution in [0.3, 0.4) is 0 Å². The summed E-state index contributed by atoms with van der Waals surface area (Å²) in [5, 5.41) is 11.9. The Balaban J connectivity index is 1.46. The largest absolute Gasteiger partial charge is 0.489 e. The molecule has 0 spiro atoms. The molecule has 5 rings (SSSR count). The summed E-state index contributed by atoms with van der Waals surface area (Å²) in [6.07, 6.45) is 1.02. The van der Waals surface area contributed by atoms with Crippen LogP contribution in [0.25, 0.3) is 0 Å². The lowest BCUT2D eigenvalue weighted by Crippen LogP contribution is -2.31. The van der Waals surface area contributed by atoms with Crippen molar-refractivity contribution in [3.8, 4) is 5.75 Å². The molecular weight excluding hydrogens is 586 g/mol. The van der Waals surface area contributed by atoms with E-state index in [1.165, 1.54) is 0 Å². The molecule has 0 radical (unpaired) electrons. The molecule has 1 aliphatic heterocycles. The summed E-state index contributed by atoms with van der Waals surface area (Å²) in [6, 6.07) is 21.5. The zero-order chi connectivity index (χ0) is 28.2. The smallest absolute Gasteiger partial charge is 0.255 e. The first kappa shape index (κ1) is 28.0. The molecule has 1 amide bonds. The Morgan fingerprint density at radius 2 is 1.90 bits per heavy atom. The second-order valence-electron chi connectivity index (χ2n) is 9.84. The number of ether oxygens (including phenoxy) is 1. The van der Waals surface area contributed by atoms with E-state index in [-0.39, 0.29) is 5.91 Å². The molecule has 3 aromatic carbocycles. The van der Waals surface area contributed by atoms with Gasteiger partial charge in [-0.2, -0.15) is 4.98 Å². The standard InChI is InChI=1S/C31H32BrN5O2S/c1-5-15-40-31-35-30-33-21(4)27(29(38)34-26-14-9-19(2)16-20(26)3)28(37(30)36-31)23-10-12-25(13-11-23)39-18-22-7-6-8-24(32)17-22/h6-14,16-17,28H,5,15,18H2,1-4H3,(H,34,38)(H,33,35,36). The van der Waals surface area contributed by atoms with Gasteiger partial charge in [-0.1, -0.05) is 76.6 Å². The highest BCUT2D eigenvalue weighted by Gasteiger charge is 2.34. The van der Waals surface area contributed by atoms with E-state index < -0.39 is 6.04 Å². The number of amides is 1. The molecule has 0 fully saturated rings. The number of fused-ring (bicyclic) bond motifs is 1. The number of carbonyl (C=O) groups excluding carboxylic acids is 1. The fourth-order valence-electron chi connectivity index (χ4n) is 4.67. The van der Waals surface area contributed by atoms with Crippen molar-refractivity contribution in [2.24, 2.45) is 0 Å². The maximum Gasteiger partial charge on any atom is 0.255 e. The van der Waals surface area contributed by atoms with Gasteiger partial charge in [0, 0.05) is 21.6 Å². The minimum Gasteiger partial charge on any atom is -0.489 e. The Labute approximate surface area is 247 Å². The van der Waals surface area contributed by atoms with Gasteiger partial charge in [-0.3, -0.25) is 4.79 Å². The number of thioether (sulfide) groups is 1. The lowest BCUT2D eigenvalue weighted by atomic mass is 9.94. The molecule has 9 heteroatoms. The van der Waals surface area contributed by atoms with E-state index >= 15 is 0 Å². The predicted octanol–water partition coefficient (Wildman–Crippen LogP) is 7.67. The number of rotatable bonds is 9. The number of anilines is 2. The summed E-state index contributed by atoms with van der Waals surface area (Å²) in [7, 11) is 0. The van der Waals surface area contributed by atoms with Crippen LogP contribution in [-0.2, 0) is 11.4 Å². The van der Waals surface area contributed by atoms with Gasteiger partial charge < -0.3 is 15.4 Å². The molecule has 1 atom stereocenters. The first-order chi connectivity index (χ1) is 19.3. The predicted molar refractivity (Wildman–Crippen MR) is 165 cm³/mol. The van der Waals surface area contributed by atoms with Crippen molar-refractivity contribution in [3.63, 3.8) is 0 Å². The average Bonchev–Trinajstić information content (AvgIpc) is 3.34. The van der Waals surface area contributed by atoms with Crippen LogP contribution < -0.4 is 15.4 Å². The number of nitrogens with zero attached hydrogens (tertiary/aromatic N) is 3. The molecule has 4 aromatic rings. The highest BCUT2D eigenvalue weighted by molar-refractivity contribution is 9.10. The molecule has 206 valence electrons. The molecule has 1 aliphatic rings. The molecule has 0 saturated heterocycles. The molecule has 0 saturated carbocycles. The van der Waals surface area contributed by atoms with Crippen LogP contribution in [0.2, 0.25) is 0 Å². The SMILES string of the molecule is CCCSc1nc2n(n1)C(c1ccc(OCc3cccc(Br)c3)cc1)C(C(=O)Nc1ccc(C)cc1C)=C(C)N2. The highest BCUT2D eigenvalue weighted by Crippen LogP contribution is 2.37. The van der Waals surface area contributed by atoms with E-state index in [4.69, 9.17) is 14.8 Å². The van der Waals surface area contributed by atoms with Gasteiger partial charge in [0.2, 0.25) is 11.1 Å². The lowest BCUT2D eigenvalue weighted by Gasteiger charge is -2.29. The Morgan fingerprint density at radius 1 is 1.10 bits per heavy atom. The Kier molecular flexibility index (Phi) is 8.61. The van der Waals surface area contributed by atoms with E-state index in [1.807, 2.05) is 86.1 Å². The maximum absolute atomic E-state index is 13.8. The van der Waals surface area contributed by atoms with Crippen LogP contribution in [0.15, 0.2) is 87.6 Å².